The monoisotopic (exact) mass is 239 g/mol. The fourth-order valence-electron chi connectivity index (χ4n) is 2.18. The maximum absolute atomic E-state index is 5.57. The summed E-state index contributed by atoms with van der Waals surface area (Å²) in [6, 6.07) is 8.65. The molecule has 0 N–H and O–H groups in total. The van der Waals surface area contributed by atoms with Crippen LogP contribution in [0.1, 0.15) is 12.0 Å². The number of fused-ring (bicyclic) bond motifs is 1. The number of hydrogen-bond donors (Lipinski definition) is 0. The SMILES string of the molecule is ClCCOCCN1CCCc2ccccc21. The molecule has 2 rings (SSSR count). The van der Waals surface area contributed by atoms with Gasteiger partial charge < -0.3 is 9.64 Å². The van der Waals surface area contributed by atoms with E-state index < -0.39 is 0 Å². The van der Waals surface area contributed by atoms with Gasteiger partial charge in [0.1, 0.15) is 0 Å². The summed E-state index contributed by atoms with van der Waals surface area (Å²) in [5.41, 5.74) is 2.84. The molecule has 0 fully saturated rings. The number of benzene rings is 1. The normalized spacial score (nSPS) is 14.9. The summed E-state index contributed by atoms with van der Waals surface area (Å²) in [7, 11) is 0. The highest BCUT2D eigenvalue weighted by Crippen LogP contribution is 2.26. The highest BCUT2D eigenvalue weighted by Gasteiger charge is 2.15. The smallest absolute Gasteiger partial charge is 0.0642 e. The molecule has 0 unspecified atom stereocenters. The van der Waals surface area contributed by atoms with Gasteiger partial charge in [0.15, 0.2) is 0 Å². The third kappa shape index (κ3) is 2.89. The Morgan fingerprint density at radius 2 is 2.12 bits per heavy atom. The fourth-order valence-corrected chi connectivity index (χ4v) is 2.28. The summed E-state index contributed by atoms with van der Waals surface area (Å²) < 4.78 is 5.43. The summed E-state index contributed by atoms with van der Waals surface area (Å²) in [6.07, 6.45) is 2.45. The van der Waals surface area contributed by atoms with Crippen molar-refractivity contribution in [2.24, 2.45) is 0 Å². The Hall–Kier alpha value is -0.730. The van der Waals surface area contributed by atoms with E-state index in [9.17, 15) is 0 Å². The van der Waals surface area contributed by atoms with Gasteiger partial charge in [-0.25, -0.2) is 0 Å². The number of alkyl halides is 1. The van der Waals surface area contributed by atoms with Gasteiger partial charge >= 0.3 is 0 Å². The molecule has 16 heavy (non-hydrogen) atoms. The van der Waals surface area contributed by atoms with Gasteiger partial charge in [-0.3, -0.25) is 0 Å². The molecule has 0 bridgehead atoms. The number of nitrogens with zero attached hydrogens (tertiary/aromatic N) is 1. The van der Waals surface area contributed by atoms with Crippen LogP contribution in [0.5, 0.6) is 0 Å². The topological polar surface area (TPSA) is 12.5 Å². The second-order valence-corrected chi connectivity index (χ2v) is 4.40. The largest absolute Gasteiger partial charge is 0.378 e. The predicted octanol–water partition coefficient (Wildman–Crippen LogP) is 2.69. The van der Waals surface area contributed by atoms with E-state index in [2.05, 4.69) is 29.2 Å². The van der Waals surface area contributed by atoms with Gasteiger partial charge in [0.05, 0.1) is 13.2 Å². The molecule has 1 aromatic carbocycles. The number of anilines is 1. The lowest BCUT2D eigenvalue weighted by Crippen LogP contribution is -2.32. The number of halogens is 1. The third-order valence-electron chi connectivity index (χ3n) is 2.93. The van der Waals surface area contributed by atoms with Gasteiger partial charge in [0.25, 0.3) is 0 Å². The van der Waals surface area contributed by atoms with E-state index in [0.717, 1.165) is 19.7 Å². The quantitative estimate of drug-likeness (QED) is 0.579. The van der Waals surface area contributed by atoms with E-state index in [4.69, 9.17) is 16.3 Å². The van der Waals surface area contributed by atoms with Crippen molar-refractivity contribution in [3.8, 4) is 0 Å². The Morgan fingerprint density at radius 3 is 3.00 bits per heavy atom. The molecule has 88 valence electrons. The van der Waals surface area contributed by atoms with Crippen LogP contribution in [-0.4, -0.2) is 32.2 Å². The second kappa shape index (κ2) is 6.12. The maximum Gasteiger partial charge on any atom is 0.0642 e. The van der Waals surface area contributed by atoms with Crippen molar-refractivity contribution in [3.05, 3.63) is 29.8 Å². The van der Waals surface area contributed by atoms with Crippen molar-refractivity contribution in [2.75, 3.05) is 37.1 Å². The van der Waals surface area contributed by atoms with Crippen molar-refractivity contribution in [3.63, 3.8) is 0 Å². The first-order valence-corrected chi connectivity index (χ1v) is 6.42. The Morgan fingerprint density at radius 1 is 1.25 bits per heavy atom. The molecule has 0 saturated carbocycles. The first-order valence-electron chi connectivity index (χ1n) is 5.88. The lowest BCUT2D eigenvalue weighted by atomic mass is 10.0. The zero-order chi connectivity index (χ0) is 11.2. The van der Waals surface area contributed by atoms with E-state index in [0.29, 0.717) is 12.5 Å². The molecule has 2 nitrogen and oxygen atoms in total. The predicted molar refractivity (Wildman–Crippen MR) is 68.5 cm³/mol. The van der Waals surface area contributed by atoms with Gasteiger partial charge in [-0.1, -0.05) is 18.2 Å². The molecule has 0 spiro atoms. The highest BCUT2D eigenvalue weighted by molar-refractivity contribution is 6.17. The molecule has 1 aliphatic heterocycles. The number of aryl methyl sites for hydroxylation is 1. The zero-order valence-electron chi connectivity index (χ0n) is 9.49. The Balaban J connectivity index is 1.91. The average Bonchev–Trinajstić information content (AvgIpc) is 2.35. The molecule has 0 radical (unpaired) electrons. The van der Waals surface area contributed by atoms with Crippen LogP contribution in [0.4, 0.5) is 5.69 Å². The summed E-state index contributed by atoms with van der Waals surface area (Å²) in [5.74, 6) is 0.580. The van der Waals surface area contributed by atoms with E-state index in [-0.39, 0.29) is 0 Å². The van der Waals surface area contributed by atoms with Crippen molar-refractivity contribution >= 4 is 17.3 Å². The Bertz CT molecular complexity index is 329. The Kier molecular flexibility index (Phi) is 4.49. The standard InChI is InChI=1S/C13H18ClNO/c14-7-10-16-11-9-15-8-3-5-12-4-1-2-6-13(12)15/h1-2,4,6H,3,5,7-11H2. The van der Waals surface area contributed by atoms with Crippen molar-refractivity contribution in [1.29, 1.82) is 0 Å². The van der Waals surface area contributed by atoms with Crippen molar-refractivity contribution < 1.29 is 4.74 Å². The molecule has 1 aliphatic rings. The van der Waals surface area contributed by atoms with E-state index in [1.165, 1.54) is 24.1 Å². The van der Waals surface area contributed by atoms with Crippen LogP contribution in [0.3, 0.4) is 0 Å². The zero-order valence-corrected chi connectivity index (χ0v) is 10.2. The van der Waals surface area contributed by atoms with Crippen LogP contribution in [-0.2, 0) is 11.2 Å². The number of rotatable bonds is 5. The molecule has 0 saturated heterocycles. The van der Waals surface area contributed by atoms with Crippen LogP contribution in [0.25, 0.3) is 0 Å². The second-order valence-electron chi connectivity index (χ2n) is 4.02. The van der Waals surface area contributed by atoms with Crippen LogP contribution in [0.15, 0.2) is 24.3 Å². The minimum Gasteiger partial charge on any atom is -0.378 e. The number of hydrogen-bond acceptors (Lipinski definition) is 2. The van der Waals surface area contributed by atoms with Gasteiger partial charge in [-0.2, -0.15) is 0 Å². The molecule has 0 aliphatic carbocycles. The van der Waals surface area contributed by atoms with Crippen LogP contribution < -0.4 is 4.90 Å². The van der Waals surface area contributed by atoms with Crippen molar-refractivity contribution in [2.45, 2.75) is 12.8 Å². The minimum atomic E-state index is 0.580. The average molecular weight is 240 g/mol. The number of ether oxygens (including phenoxy) is 1. The number of para-hydroxylation sites is 1. The van der Waals surface area contributed by atoms with Gasteiger partial charge in [-0.15, -0.1) is 11.6 Å². The Labute approximate surface area is 102 Å². The molecule has 1 heterocycles. The maximum atomic E-state index is 5.57. The minimum absolute atomic E-state index is 0.580. The molecular formula is C13H18ClNO. The summed E-state index contributed by atoms with van der Waals surface area (Å²) >= 11 is 5.57. The van der Waals surface area contributed by atoms with Gasteiger partial charge in [0.2, 0.25) is 0 Å². The molecule has 1 aromatic rings. The van der Waals surface area contributed by atoms with E-state index in [1.807, 2.05) is 0 Å². The highest BCUT2D eigenvalue weighted by atomic mass is 35.5. The van der Waals surface area contributed by atoms with Gasteiger partial charge in [0, 0.05) is 24.7 Å². The summed E-state index contributed by atoms with van der Waals surface area (Å²) in [4.78, 5) is 2.41. The first-order chi connectivity index (χ1) is 7.92. The van der Waals surface area contributed by atoms with Crippen LogP contribution in [0.2, 0.25) is 0 Å². The molecule has 0 atom stereocenters. The lowest BCUT2D eigenvalue weighted by molar-refractivity contribution is 0.155. The van der Waals surface area contributed by atoms with Crippen molar-refractivity contribution in [1.82, 2.24) is 0 Å². The third-order valence-corrected chi connectivity index (χ3v) is 3.09. The fraction of sp³-hybridized carbons (Fsp3) is 0.538. The summed E-state index contributed by atoms with van der Waals surface area (Å²) in [6.45, 7) is 3.52. The lowest BCUT2D eigenvalue weighted by Gasteiger charge is -2.31. The molecule has 0 amide bonds. The molecule has 3 heteroatoms. The van der Waals surface area contributed by atoms with E-state index >= 15 is 0 Å². The van der Waals surface area contributed by atoms with Gasteiger partial charge in [-0.05, 0) is 24.5 Å². The molecule has 0 aromatic heterocycles. The van der Waals surface area contributed by atoms with E-state index in [1.54, 1.807) is 0 Å². The van der Waals surface area contributed by atoms with Crippen LogP contribution >= 0.6 is 11.6 Å². The first kappa shape index (κ1) is 11.7. The summed E-state index contributed by atoms with van der Waals surface area (Å²) in [5, 5.41) is 0. The van der Waals surface area contributed by atoms with Crippen LogP contribution in [0, 0.1) is 0 Å². The molecular weight excluding hydrogens is 222 g/mol.